The molecule has 2 heterocycles. The molecule has 0 aliphatic carbocycles. The Kier molecular flexibility index (Phi) is 3.66. The Labute approximate surface area is 127 Å². The smallest absolute Gasteiger partial charge is 0.240 e. The summed E-state index contributed by atoms with van der Waals surface area (Å²) in [5, 5.41) is 8.29. The van der Waals surface area contributed by atoms with Gasteiger partial charge < -0.3 is 11.1 Å². The van der Waals surface area contributed by atoms with Crippen LogP contribution in [0, 0.1) is 6.92 Å². The lowest BCUT2D eigenvalue weighted by atomic mass is 10.1. The van der Waals surface area contributed by atoms with Crippen LogP contribution in [0.3, 0.4) is 0 Å². The summed E-state index contributed by atoms with van der Waals surface area (Å²) in [5.41, 5.74) is 9.69. The lowest BCUT2D eigenvalue weighted by molar-refractivity contribution is 0.952. The first-order valence-electron chi connectivity index (χ1n) is 6.72. The van der Waals surface area contributed by atoms with E-state index in [2.05, 4.69) is 15.4 Å². The van der Waals surface area contributed by atoms with Crippen LogP contribution in [0.15, 0.2) is 36.5 Å². The number of benzene rings is 1. The third-order valence-corrected chi connectivity index (χ3v) is 3.54. The summed E-state index contributed by atoms with van der Waals surface area (Å²) in [6.07, 6.45) is 2.82. The molecule has 108 valence electrons. The normalized spacial score (nSPS) is 11.0. The van der Waals surface area contributed by atoms with Gasteiger partial charge in [0.1, 0.15) is 0 Å². The van der Waals surface area contributed by atoms with E-state index in [4.69, 9.17) is 17.3 Å². The maximum atomic E-state index is 5.88. The third-order valence-electron chi connectivity index (χ3n) is 3.29. The van der Waals surface area contributed by atoms with Crippen LogP contribution in [0.1, 0.15) is 11.1 Å². The number of anilines is 2. The van der Waals surface area contributed by atoms with Gasteiger partial charge in [-0.15, -0.1) is 5.10 Å². The number of halogens is 1. The second-order valence-electron chi connectivity index (χ2n) is 4.95. The maximum Gasteiger partial charge on any atom is 0.240 e. The zero-order chi connectivity index (χ0) is 14.8. The number of nitrogens with one attached hydrogen (secondary N) is 1. The van der Waals surface area contributed by atoms with Crippen molar-refractivity contribution in [3.63, 3.8) is 0 Å². The summed E-state index contributed by atoms with van der Waals surface area (Å²) in [5.74, 6) is 0.288. The zero-order valence-electron chi connectivity index (χ0n) is 11.7. The molecular formula is C15H16ClN5. The second kappa shape index (κ2) is 5.61. The Morgan fingerprint density at radius 2 is 2.05 bits per heavy atom. The van der Waals surface area contributed by atoms with Crippen LogP contribution in [-0.2, 0) is 6.42 Å². The molecule has 5 nitrogen and oxygen atoms in total. The van der Waals surface area contributed by atoms with Crippen molar-refractivity contribution in [3.05, 3.63) is 52.7 Å². The summed E-state index contributed by atoms with van der Waals surface area (Å²) in [6, 6.07) is 9.94. The maximum absolute atomic E-state index is 5.88. The highest BCUT2D eigenvalue weighted by Gasteiger charge is 2.05. The topological polar surface area (TPSA) is 68.2 Å². The summed E-state index contributed by atoms with van der Waals surface area (Å²) in [4.78, 5) is 4.18. The highest BCUT2D eigenvalue weighted by molar-refractivity contribution is 6.30. The predicted molar refractivity (Wildman–Crippen MR) is 85.8 cm³/mol. The van der Waals surface area contributed by atoms with Crippen molar-refractivity contribution >= 4 is 28.9 Å². The number of aryl methyl sites for hydroxylation is 1. The minimum Gasteiger partial charge on any atom is -0.383 e. The molecule has 0 spiro atoms. The Balaban J connectivity index is 1.69. The van der Waals surface area contributed by atoms with Gasteiger partial charge in [0.15, 0.2) is 5.65 Å². The second-order valence-corrected chi connectivity index (χ2v) is 5.39. The van der Waals surface area contributed by atoms with E-state index in [1.807, 2.05) is 43.5 Å². The molecule has 0 aliphatic rings. The molecule has 2 aromatic heterocycles. The zero-order valence-corrected chi connectivity index (χ0v) is 12.4. The summed E-state index contributed by atoms with van der Waals surface area (Å²) < 4.78 is 1.70. The van der Waals surface area contributed by atoms with Crippen LogP contribution in [0.4, 0.5) is 11.6 Å². The van der Waals surface area contributed by atoms with Crippen molar-refractivity contribution < 1.29 is 0 Å². The van der Waals surface area contributed by atoms with Gasteiger partial charge in [0.05, 0.1) is 11.9 Å². The van der Waals surface area contributed by atoms with E-state index in [-0.39, 0.29) is 5.95 Å². The fraction of sp³-hybridized carbons (Fsp3) is 0.200. The molecule has 0 atom stereocenters. The van der Waals surface area contributed by atoms with Crippen LogP contribution in [0.5, 0.6) is 0 Å². The monoisotopic (exact) mass is 301 g/mol. The van der Waals surface area contributed by atoms with Crippen LogP contribution >= 0.6 is 11.6 Å². The van der Waals surface area contributed by atoms with Crippen LogP contribution in [0.2, 0.25) is 5.02 Å². The highest BCUT2D eigenvalue weighted by Crippen LogP contribution is 2.16. The molecular weight excluding hydrogens is 286 g/mol. The molecule has 1 aromatic carbocycles. The number of nitrogens with zero attached hydrogens (tertiary/aromatic N) is 3. The molecule has 6 heteroatoms. The first-order chi connectivity index (χ1) is 10.1. The average molecular weight is 302 g/mol. The Morgan fingerprint density at radius 3 is 2.81 bits per heavy atom. The summed E-state index contributed by atoms with van der Waals surface area (Å²) in [6.45, 7) is 2.82. The molecule has 0 aliphatic heterocycles. The predicted octanol–water partition coefficient (Wildman–Crippen LogP) is 2.93. The van der Waals surface area contributed by atoms with E-state index < -0.39 is 0 Å². The number of nitrogen functional groups attached to an aromatic ring is 1. The van der Waals surface area contributed by atoms with Crippen LogP contribution in [-0.4, -0.2) is 21.1 Å². The Morgan fingerprint density at radius 1 is 1.29 bits per heavy atom. The molecule has 21 heavy (non-hydrogen) atoms. The van der Waals surface area contributed by atoms with E-state index in [0.29, 0.717) is 0 Å². The molecule has 0 saturated heterocycles. The number of hydrogen-bond acceptors (Lipinski definition) is 4. The average Bonchev–Trinajstić information content (AvgIpc) is 2.82. The SMILES string of the molecule is Cc1cc(NCCc2ccc(Cl)cc2)cn2nc(N)nc12. The van der Waals surface area contributed by atoms with Gasteiger partial charge in [-0.1, -0.05) is 23.7 Å². The van der Waals surface area contributed by atoms with Gasteiger partial charge in [0, 0.05) is 11.6 Å². The molecule has 0 bridgehead atoms. The highest BCUT2D eigenvalue weighted by atomic mass is 35.5. The van der Waals surface area contributed by atoms with Crippen LogP contribution < -0.4 is 11.1 Å². The van der Waals surface area contributed by atoms with E-state index in [0.717, 1.165) is 34.9 Å². The number of nitrogens with two attached hydrogens (primary N) is 1. The molecule has 0 saturated carbocycles. The number of fused-ring (bicyclic) bond motifs is 1. The number of rotatable bonds is 4. The van der Waals surface area contributed by atoms with Gasteiger partial charge in [0.2, 0.25) is 5.95 Å². The van der Waals surface area contributed by atoms with E-state index >= 15 is 0 Å². The molecule has 0 fully saturated rings. The summed E-state index contributed by atoms with van der Waals surface area (Å²) in [7, 11) is 0. The first kappa shape index (κ1) is 13.7. The lowest BCUT2D eigenvalue weighted by Gasteiger charge is -2.08. The van der Waals surface area contributed by atoms with Gasteiger partial charge in [-0.3, -0.25) is 0 Å². The molecule has 0 amide bonds. The van der Waals surface area contributed by atoms with Gasteiger partial charge >= 0.3 is 0 Å². The minimum atomic E-state index is 0.288. The van der Waals surface area contributed by atoms with Gasteiger partial charge in [-0.25, -0.2) is 4.52 Å². The van der Waals surface area contributed by atoms with E-state index in [1.165, 1.54) is 5.56 Å². The fourth-order valence-corrected chi connectivity index (χ4v) is 2.39. The number of hydrogen-bond donors (Lipinski definition) is 2. The molecule has 0 unspecified atom stereocenters. The van der Waals surface area contributed by atoms with E-state index in [1.54, 1.807) is 4.52 Å². The van der Waals surface area contributed by atoms with Gasteiger partial charge in [-0.05, 0) is 42.7 Å². The molecule has 3 rings (SSSR count). The van der Waals surface area contributed by atoms with E-state index in [9.17, 15) is 0 Å². The van der Waals surface area contributed by atoms with Crippen LogP contribution in [0.25, 0.3) is 5.65 Å². The standard InChI is InChI=1S/C15H16ClN5/c1-10-8-13(9-21-14(10)19-15(17)20-21)18-7-6-11-2-4-12(16)5-3-11/h2-5,8-9,18H,6-7H2,1H3,(H2,17,20). The molecule has 0 radical (unpaired) electrons. The van der Waals surface area contributed by atoms with Gasteiger partial charge in [-0.2, -0.15) is 4.98 Å². The Hall–Kier alpha value is -2.27. The van der Waals surface area contributed by atoms with Crippen molar-refractivity contribution in [1.82, 2.24) is 14.6 Å². The largest absolute Gasteiger partial charge is 0.383 e. The summed E-state index contributed by atoms with van der Waals surface area (Å²) >= 11 is 5.88. The minimum absolute atomic E-state index is 0.288. The quantitative estimate of drug-likeness (QED) is 0.777. The van der Waals surface area contributed by atoms with Gasteiger partial charge in [0.25, 0.3) is 0 Å². The van der Waals surface area contributed by atoms with Crippen molar-refractivity contribution in [2.45, 2.75) is 13.3 Å². The van der Waals surface area contributed by atoms with Crippen molar-refractivity contribution in [2.24, 2.45) is 0 Å². The number of aromatic nitrogens is 3. The third kappa shape index (κ3) is 3.08. The number of pyridine rings is 1. The molecule has 3 N–H and O–H groups in total. The van der Waals surface area contributed by atoms with Crippen molar-refractivity contribution in [3.8, 4) is 0 Å². The van der Waals surface area contributed by atoms with Crippen molar-refractivity contribution in [2.75, 3.05) is 17.6 Å². The lowest BCUT2D eigenvalue weighted by Crippen LogP contribution is -2.06. The van der Waals surface area contributed by atoms with Crippen molar-refractivity contribution in [1.29, 1.82) is 0 Å². The fourth-order valence-electron chi connectivity index (χ4n) is 2.26. The Bertz CT molecular complexity index is 764. The first-order valence-corrected chi connectivity index (χ1v) is 7.10. The molecule has 3 aromatic rings.